The molecule has 0 radical (unpaired) electrons. The molecular weight excluding hydrogens is 238 g/mol. The molecule has 0 atom stereocenters. The maximum atomic E-state index is 11.9. The maximum Gasteiger partial charge on any atom is 0.165 e. The van der Waals surface area contributed by atoms with E-state index in [1.807, 2.05) is 54.4 Å². The minimum Gasteiger partial charge on any atom is -0.496 e. The Morgan fingerprint density at radius 3 is 2.32 bits per heavy atom. The van der Waals surface area contributed by atoms with Gasteiger partial charge in [-0.3, -0.25) is 4.79 Å². The molecule has 0 aliphatic rings. The lowest BCUT2D eigenvalue weighted by atomic mass is 10.1. The number of ketones is 1. The second-order valence-corrected chi connectivity index (χ2v) is 4.31. The molecule has 3 nitrogen and oxygen atoms in total. The van der Waals surface area contributed by atoms with Gasteiger partial charge in [0, 0.05) is 12.7 Å². The number of Topliss-reactive ketones (excluding diaryl/α,β-unsaturated/α-hetero) is 1. The molecule has 0 saturated heterocycles. The van der Waals surface area contributed by atoms with E-state index in [1.54, 1.807) is 20.1 Å². The first kappa shape index (κ1) is 13.1. The maximum absolute atomic E-state index is 11.9. The molecular formula is C16H17NO2. The Balaban J connectivity index is 2.53. The number of carbonyl (C=O) groups is 1. The van der Waals surface area contributed by atoms with Crippen LogP contribution in [0.2, 0.25) is 0 Å². The fourth-order valence-electron chi connectivity index (χ4n) is 2.11. The third-order valence-corrected chi connectivity index (χ3v) is 3.08. The van der Waals surface area contributed by atoms with Gasteiger partial charge in [-0.1, -0.05) is 24.3 Å². The molecule has 0 bridgehead atoms. The molecule has 2 aromatic carbocycles. The van der Waals surface area contributed by atoms with Gasteiger partial charge in [0.25, 0.3) is 0 Å². The summed E-state index contributed by atoms with van der Waals surface area (Å²) in [6, 6.07) is 15.5. The Morgan fingerprint density at radius 2 is 1.74 bits per heavy atom. The zero-order valence-corrected chi connectivity index (χ0v) is 11.4. The number of methoxy groups -OCH3 is 1. The van der Waals surface area contributed by atoms with Gasteiger partial charge in [-0.25, -0.2) is 0 Å². The van der Waals surface area contributed by atoms with Gasteiger partial charge in [0.2, 0.25) is 0 Å². The van der Waals surface area contributed by atoms with Crippen molar-refractivity contribution in [1.29, 1.82) is 0 Å². The van der Waals surface area contributed by atoms with Crippen molar-refractivity contribution < 1.29 is 9.53 Å². The van der Waals surface area contributed by atoms with E-state index in [0.29, 0.717) is 11.3 Å². The van der Waals surface area contributed by atoms with Gasteiger partial charge in [0.05, 0.1) is 18.4 Å². The summed E-state index contributed by atoms with van der Waals surface area (Å²) >= 11 is 0. The molecule has 0 heterocycles. The van der Waals surface area contributed by atoms with Crippen molar-refractivity contribution in [2.45, 2.75) is 6.92 Å². The Morgan fingerprint density at radius 1 is 1.05 bits per heavy atom. The highest BCUT2D eigenvalue weighted by atomic mass is 16.5. The van der Waals surface area contributed by atoms with E-state index >= 15 is 0 Å². The molecule has 3 heteroatoms. The lowest BCUT2D eigenvalue weighted by Gasteiger charge is -2.23. The molecule has 0 unspecified atom stereocenters. The lowest BCUT2D eigenvalue weighted by Crippen LogP contribution is -2.14. The first-order valence-electron chi connectivity index (χ1n) is 6.12. The van der Waals surface area contributed by atoms with Crippen LogP contribution in [0.1, 0.15) is 17.3 Å². The number of hydrogen-bond donors (Lipinski definition) is 0. The molecule has 0 spiro atoms. The SMILES string of the molecule is COc1cccc(N(C)c2ccccc2)c1C(C)=O. The highest BCUT2D eigenvalue weighted by Crippen LogP contribution is 2.32. The molecule has 0 N–H and O–H groups in total. The van der Waals surface area contributed by atoms with E-state index in [2.05, 4.69) is 0 Å². The number of nitrogens with zero attached hydrogens (tertiary/aromatic N) is 1. The van der Waals surface area contributed by atoms with Crippen LogP contribution >= 0.6 is 0 Å². The van der Waals surface area contributed by atoms with Crippen molar-refractivity contribution >= 4 is 17.2 Å². The fraction of sp³-hybridized carbons (Fsp3) is 0.188. The summed E-state index contributed by atoms with van der Waals surface area (Å²) in [6.45, 7) is 1.56. The van der Waals surface area contributed by atoms with Crippen molar-refractivity contribution in [3.8, 4) is 5.75 Å². The van der Waals surface area contributed by atoms with Gasteiger partial charge in [0.15, 0.2) is 5.78 Å². The Kier molecular flexibility index (Phi) is 3.85. The minimum atomic E-state index is -0.00442. The van der Waals surface area contributed by atoms with Gasteiger partial charge in [-0.15, -0.1) is 0 Å². The van der Waals surface area contributed by atoms with Crippen LogP contribution < -0.4 is 9.64 Å². The van der Waals surface area contributed by atoms with E-state index in [4.69, 9.17) is 4.74 Å². The normalized spacial score (nSPS) is 10.1. The molecule has 0 aliphatic heterocycles. The van der Waals surface area contributed by atoms with Gasteiger partial charge in [-0.2, -0.15) is 0 Å². The predicted octanol–water partition coefficient (Wildman–Crippen LogP) is 3.67. The Hall–Kier alpha value is -2.29. The van der Waals surface area contributed by atoms with Crippen LogP contribution in [0.4, 0.5) is 11.4 Å². The average molecular weight is 255 g/mol. The number of ether oxygens (including phenoxy) is 1. The zero-order valence-electron chi connectivity index (χ0n) is 11.4. The summed E-state index contributed by atoms with van der Waals surface area (Å²) in [7, 11) is 3.52. The summed E-state index contributed by atoms with van der Waals surface area (Å²) < 4.78 is 5.29. The Bertz CT molecular complexity index is 579. The third-order valence-electron chi connectivity index (χ3n) is 3.08. The van der Waals surface area contributed by atoms with E-state index in [-0.39, 0.29) is 5.78 Å². The van der Waals surface area contributed by atoms with Crippen LogP contribution in [-0.4, -0.2) is 19.9 Å². The van der Waals surface area contributed by atoms with Crippen molar-refractivity contribution in [2.24, 2.45) is 0 Å². The van der Waals surface area contributed by atoms with E-state index in [9.17, 15) is 4.79 Å². The number of anilines is 2. The first-order chi connectivity index (χ1) is 9.15. The van der Waals surface area contributed by atoms with Gasteiger partial charge < -0.3 is 9.64 Å². The van der Waals surface area contributed by atoms with Gasteiger partial charge >= 0.3 is 0 Å². The highest BCUT2D eigenvalue weighted by Gasteiger charge is 2.17. The van der Waals surface area contributed by atoms with Gasteiger partial charge in [-0.05, 0) is 31.2 Å². The third kappa shape index (κ3) is 2.60. The summed E-state index contributed by atoms with van der Waals surface area (Å²) in [4.78, 5) is 13.9. The molecule has 0 aromatic heterocycles. The first-order valence-corrected chi connectivity index (χ1v) is 6.12. The Labute approximate surface area is 113 Å². The molecule has 0 saturated carbocycles. The van der Waals surface area contributed by atoms with Crippen molar-refractivity contribution in [3.63, 3.8) is 0 Å². The molecule has 0 fully saturated rings. The smallest absolute Gasteiger partial charge is 0.165 e. The number of hydrogen-bond acceptors (Lipinski definition) is 3. The monoisotopic (exact) mass is 255 g/mol. The standard InChI is InChI=1S/C16H17NO2/c1-12(18)16-14(10-7-11-15(16)19-3)17(2)13-8-5-4-6-9-13/h4-11H,1-3H3. The summed E-state index contributed by atoms with van der Waals surface area (Å²) in [5.41, 5.74) is 2.48. The van der Waals surface area contributed by atoms with E-state index < -0.39 is 0 Å². The average Bonchev–Trinajstić information content (AvgIpc) is 2.46. The van der Waals surface area contributed by atoms with E-state index in [0.717, 1.165) is 11.4 Å². The largest absolute Gasteiger partial charge is 0.496 e. The van der Waals surface area contributed by atoms with Crippen molar-refractivity contribution in [1.82, 2.24) is 0 Å². The summed E-state index contributed by atoms with van der Waals surface area (Å²) in [5.74, 6) is 0.600. The topological polar surface area (TPSA) is 29.5 Å². The van der Waals surface area contributed by atoms with Crippen LogP contribution in [-0.2, 0) is 0 Å². The number of rotatable bonds is 4. The van der Waals surface area contributed by atoms with Crippen LogP contribution in [0.3, 0.4) is 0 Å². The number of carbonyl (C=O) groups excluding carboxylic acids is 1. The van der Waals surface area contributed by atoms with Crippen LogP contribution in [0.25, 0.3) is 0 Å². The summed E-state index contributed by atoms with van der Waals surface area (Å²) in [5, 5.41) is 0. The molecule has 0 aliphatic carbocycles. The number of para-hydroxylation sites is 1. The van der Waals surface area contributed by atoms with Crippen LogP contribution in [0, 0.1) is 0 Å². The molecule has 2 rings (SSSR count). The van der Waals surface area contributed by atoms with Crippen molar-refractivity contribution in [3.05, 3.63) is 54.1 Å². The van der Waals surface area contributed by atoms with Gasteiger partial charge in [0.1, 0.15) is 5.75 Å². The fourth-order valence-corrected chi connectivity index (χ4v) is 2.11. The number of benzene rings is 2. The lowest BCUT2D eigenvalue weighted by molar-refractivity contribution is 0.101. The molecule has 19 heavy (non-hydrogen) atoms. The summed E-state index contributed by atoms with van der Waals surface area (Å²) in [6.07, 6.45) is 0. The zero-order chi connectivity index (χ0) is 13.8. The molecule has 0 amide bonds. The quantitative estimate of drug-likeness (QED) is 0.781. The minimum absolute atomic E-state index is 0.00442. The second kappa shape index (κ2) is 5.57. The molecule has 2 aromatic rings. The second-order valence-electron chi connectivity index (χ2n) is 4.31. The van der Waals surface area contributed by atoms with E-state index in [1.165, 1.54) is 0 Å². The predicted molar refractivity (Wildman–Crippen MR) is 77.5 cm³/mol. The van der Waals surface area contributed by atoms with Crippen LogP contribution in [0.5, 0.6) is 5.75 Å². The molecule has 98 valence electrons. The highest BCUT2D eigenvalue weighted by molar-refractivity contribution is 6.03. The van der Waals surface area contributed by atoms with Crippen LogP contribution in [0.15, 0.2) is 48.5 Å². The van der Waals surface area contributed by atoms with Crippen molar-refractivity contribution in [2.75, 3.05) is 19.1 Å².